The van der Waals surface area contributed by atoms with Crippen LogP contribution < -0.4 is 5.48 Å². The smallest absolute Gasteiger partial charge is 0.243 e. The molecule has 0 aromatic heterocycles. The van der Waals surface area contributed by atoms with Crippen LogP contribution in [0.25, 0.3) is 0 Å². The van der Waals surface area contributed by atoms with E-state index in [0.29, 0.717) is 13.0 Å². The first-order chi connectivity index (χ1) is 14.2. The summed E-state index contributed by atoms with van der Waals surface area (Å²) in [5, 5.41) is 10.00. The summed E-state index contributed by atoms with van der Waals surface area (Å²) < 4.78 is 0. The molecule has 1 saturated heterocycles. The second kappa shape index (κ2) is 21.9. The number of carbonyl (C=O) groups is 1. The molecule has 0 saturated carbocycles. The molecule has 0 radical (unpaired) electrons. The normalized spacial score (nSPS) is 15.5. The van der Waals surface area contributed by atoms with Crippen molar-refractivity contribution in [1.29, 1.82) is 0 Å². The molecule has 0 aliphatic carbocycles. The summed E-state index contributed by atoms with van der Waals surface area (Å²) in [6, 6.07) is 0. The highest BCUT2D eigenvalue weighted by atomic mass is 35.5. The van der Waals surface area contributed by atoms with Crippen molar-refractivity contribution in [3.05, 3.63) is 0 Å². The van der Waals surface area contributed by atoms with E-state index in [1.807, 2.05) is 0 Å². The molecule has 0 aromatic carbocycles. The minimum Gasteiger partial charge on any atom is -0.389 e. The largest absolute Gasteiger partial charge is 0.389 e. The lowest BCUT2D eigenvalue weighted by atomic mass is 10.0. The maximum Gasteiger partial charge on any atom is 0.243 e. The van der Waals surface area contributed by atoms with Crippen LogP contribution in [0.3, 0.4) is 0 Å². The summed E-state index contributed by atoms with van der Waals surface area (Å²) in [6.07, 6.45) is 20.7. The van der Waals surface area contributed by atoms with Gasteiger partial charge in [-0.2, -0.15) is 0 Å². The summed E-state index contributed by atoms with van der Waals surface area (Å²) in [5.74, 6) is -0.0711. The summed E-state index contributed by atoms with van der Waals surface area (Å²) >= 11 is 0. The van der Waals surface area contributed by atoms with Crippen molar-refractivity contribution in [3.63, 3.8) is 0 Å². The molecular formula is C24H49ClN2O3. The first-order valence-corrected chi connectivity index (χ1v) is 12.5. The van der Waals surface area contributed by atoms with Crippen LogP contribution in [0, 0.1) is 0 Å². The number of amides is 1. The quantitative estimate of drug-likeness (QED) is 0.194. The molecule has 1 fully saturated rings. The van der Waals surface area contributed by atoms with Gasteiger partial charge in [0.15, 0.2) is 0 Å². The van der Waals surface area contributed by atoms with Gasteiger partial charge < -0.3 is 10.0 Å². The number of unbranched alkanes of at least 4 members (excludes halogenated alkanes) is 12. The molecule has 1 aliphatic rings. The summed E-state index contributed by atoms with van der Waals surface area (Å²) in [5.41, 5.74) is 2.48. The Kier molecular flexibility index (Phi) is 21.6. The minimum absolute atomic E-state index is 0. The van der Waals surface area contributed by atoms with E-state index >= 15 is 0 Å². The number of piperidine rings is 1. The van der Waals surface area contributed by atoms with Gasteiger partial charge >= 0.3 is 0 Å². The Morgan fingerprint density at radius 1 is 0.867 bits per heavy atom. The van der Waals surface area contributed by atoms with Crippen molar-refractivity contribution >= 4 is 18.3 Å². The van der Waals surface area contributed by atoms with E-state index in [0.717, 1.165) is 25.9 Å². The van der Waals surface area contributed by atoms with Gasteiger partial charge in [0, 0.05) is 13.0 Å². The van der Waals surface area contributed by atoms with E-state index in [1.165, 1.54) is 89.9 Å². The van der Waals surface area contributed by atoms with E-state index in [1.54, 1.807) is 0 Å². The van der Waals surface area contributed by atoms with Crippen molar-refractivity contribution < 1.29 is 14.7 Å². The van der Waals surface area contributed by atoms with Gasteiger partial charge in [-0.15, -0.1) is 12.4 Å². The number of rotatable bonds is 19. The molecule has 1 amide bonds. The van der Waals surface area contributed by atoms with Crippen molar-refractivity contribution in [2.75, 3.05) is 26.2 Å². The third-order valence-electron chi connectivity index (χ3n) is 5.89. The number of aliphatic hydroxyl groups is 1. The van der Waals surface area contributed by atoms with E-state index in [2.05, 4.69) is 17.3 Å². The number of carbonyl (C=O) groups excluding carboxylic acids is 1. The molecule has 1 rings (SSSR count). The number of hydroxylamine groups is 1. The zero-order valence-electron chi connectivity index (χ0n) is 19.5. The predicted molar refractivity (Wildman–Crippen MR) is 128 cm³/mol. The van der Waals surface area contributed by atoms with Gasteiger partial charge in [0.25, 0.3) is 0 Å². The van der Waals surface area contributed by atoms with Crippen molar-refractivity contribution in [1.82, 2.24) is 10.4 Å². The number of halogens is 1. The molecule has 5 nitrogen and oxygen atoms in total. The van der Waals surface area contributed by atoms with Crippen LogP contribution in [0.15, 0.2) is 0 Å². The molecule has 0 aromatic rings. The van der Waals surface area contributed by atoms with Gasteiger partial charge in [-0.05, 0) is 32.4 Å². The molecular weight excluding hydrogens is 400 g/mol. The van der Waals surface area contributed by atoms with E-state index < -0.39 is 6.10 Å². The number of hydrogen-bond donors (Lipinski definition) is 2. The zero-order valence-corrected chi connectivity index (χ0v) is 20.4. The second-order valence-electron chi connectivity index (χ2n) is 8.84. The van der Waals surface area contributed by atoms with Gasteiger partial charge in [-0.25, -0.2) is 5.48 Å². The van der Waals surface area contributed by atoms with E-state index in [4.69, 9.17) is 4.84 Å². The minimum atomic E-state index is -0.537. The summed E-state index contributed by atoms with van der Waals surface area (Å²) in [7, 11) is 0. The highest BCUT2D eigenvalue weighted by Gasteiger charge is 2.15. The van der Waals surface area contributed by atoms with Crippen LogP contribution in [-0.2, 0) is 9.63 Å². The Morgan fingerprint density at radius 2 is 1.37 bits per heavy atom. The Bertz CT molecular complexity index is 379. The van der Waals surface area contributed by atoms with Gasteiger partial charge in [0.1, 0.15) is 6.61 Å². The lowest BCUT2D eigenvalue weighted by Crippen LogP contribution is -2.39. The van der Waals surface area contributed by atoms with Crippen molar-refractivity contribution in [2.45, 2.75) is 122 Å². The third kappa shape index (κ3) is 18.4. The molecule has 0 bridgehead atoms. The molecule has 30 heavy (non-hydrogen) atoms. The van der Waals surface area contributed by atoms with Crippen LogP contribution in [0.2, 0.25) is 0 Å². The fraction of sp³-hybridized carbons (Fsp3) is 0.958. The standard InChI is InChI=1S/C24H48N2O3.ClH/c1-2-3-4-5-6-7-8-9-10-11-12-13-15-18-24(28)25-29-22-23(27)21-26-19-16-14-17-20-26;/h23,27H,2-22H2,1H3,(H,25,28);1H. The molecule has 180 valence electrons. The van der Waals surface area contributed by atoms with Crippen LogP contribution in [0.4, 0.5) is 0 Å². The van der Waals surface area contributed by atoms with E-state index in [-0.39, 0.29) is 24.9 Å². The van der Waals surface area contributed by atoms with Crippen LogP contribution in [0.5, 0.6) is 0 Å². The Balaban J connectivity index is 0.00000841. The van der Waals surface area contributed by atoms with Crippen molar-refractivity contribution in [3.8, 4) is 0 Å². The van der Waals surface area contributed by atoms with Crippen LogP contribution in [0.1, 0.15) is 116 Å². The lowest BCUT2D eigenvalue weighted by Gasteiger charge is -2.28. The Morgan fingerprint density at radius 3 is 1.90 bits per heavy atom. The predicted octanol–water partition coefficient (Wildman–Crippen LogP) is 5.78. The molecule has 2 N–H and O–H groups in total. The van der Waals surface area contributed by atoms with E-state index in [9.17, 15) is 9.90 Å². The maximum atomic E-state index is 11.8. The average molecular weight is 449 g/mol. The highest BCUT2D eigenvalue weighted by molar-refractivity contribution is 5.85. The van der Waals surface area contributed by atoms with Crippen molar-refractivity contribution in [2.24, 2.45) is 0 Å². The molecule has 1 heterocycles. The number of nitrogens with one attached hydrogen (secondary N) is 1. The second-order valence-corrected chi connectivity index (χ2v) is 8.84. The first-order valence-electron chi connectivity index (χ1n) is 12.5. The summed E-state index contributed by atoms with van der Waals surface area (Å²) in [6.45, 7) is 5.18. The third-order valence-corrected chi connectivity index (χ3v) is 5.89. The highest BCUT2D eigenvalue weighted by Crippen LogP contribution is 2.13. The number of hydrogen-bond acceptors (Lipinski definition) is 4. The van der Waals surface area contributed by atoms with Gasteiger partial charge in [-0.3, -0.25) is 9.63 Å². The molecule has 6 heteroatoms. The molecule has 0 spiro atoms. The molecule has 1 aliphatic heterocycles. The van der Waals surface area contributed by atoms with Gasteiger partial charge in [-0.1, -0.05) is 90.4 Å². The zero-order chi connectivity index (χ0) is 21.0. The fourth-order valence-electron chi connectivity index (χ4n) is 4.07. The number of nitrogens with zero attached hydrogens (tertiary/aromatic N) is 1. The van der Waals surface area contributed by atoms with Gasteiger partial charge in [0.05, 0.1) is 6.10 Å². The Hall–Kier alpha value is -0.360. The fourth-order valence-corrected chi connectivity index (χ4v) is 4.07. The number of aliphatic hydroxyl groups excluding tert-OH is 1. The first kappa shape index (κ1) is 29.6. The van der Waals surface area contributed by atoms with Gasteiger partial charge in [0.2, 0.25) is 5.91 Å². The average Bonchev–Trinajstić information content (AvgIpc) is 2.72. The molecule has 1 atom stereocenters. The monoisotopic (exact) mass is 448 g/mol. The number of β-amino-alcohol motifs (C(OH)–C–C–N with tert-alkyl or cyclic N) is 1. The van der Waals surface area contributed by atoms with Crippen LogP contribution >= 0.6 is 12.4 Å². The lowest BCUT2D eigenvalue weighted by molar-refractivity contribution is -0.136. The Labute approximate surface area is 192 Å². The van der Waals surface area contributed by atoms with Crippen LogP contribution in [-0.4, -0.2) is 48.3 Å². The topological polar surface area (TPSA) is 61.8 Å². The summed E-state index contributed by atoms with van der Waals surface area (Å²) in [4.78, 5) is 19.2. The SMILES string of the molecule is CCCCCCCCCCCCCCCC(=O)NOCC(O)CN1CCCCC1.Cl. The number of likely N-dealkylation sites (tertiary alicyclic amines) is 1. The molecule has 1 unspecified atom stereocenters. The maximum absolute atomic E-state index is 11.8.